The Morgan fingerprint density at radius 1 is 1.56 bits per heavy atom. The molecule has 16 heavy (non-hydrogen) atoms. The molecule has 2 rings (SSSR count). The van der Waals surface area contributed by atoms with Crippen LogP contribution >= 0.6 is 0 Å². The summed E-state index contributed by atoms with van der Waals surface area (Å²) in [7, 11) is 1.66. The Balaban J connectivity index is 1.99. The second-order valence-electron chi connectivity index (χ2n) is 4.41. The predicted octanol–water partition coefficient (Wildman–Crippen LogP) is 2.02. The van der Waals surface area contributed by atoms with E-state index in [1.165, 1.54) is 18.4 Å². The smallest absolute Gasteiger partial charge is 0.213 e. The minimum atomic E-state index is 0.622. The van der Waals surface area contributed by atoms with Gasteiger partial charge >= 0.3 is 0 Å². The van der Waals surface area contributed by atoms with E-state index in [-0.39, 0.29) is 0 Å². The van der Waals surface area contributed by atoms with Crippen LogP contribution in [0.5, 0.6) is 5.88 Å². The van der Waals surface area contributed by atoms with Gasteiger partial charge in [-0.05, 0) is 43.4 Å². The lowest BCUT2D eigenvalue weighted by molar-refractivity contribution is 0.396. The van der Waals surface area contributed by atoms with Crippen LogP contribution in [0.15, 0.2) is 18.3 Å². The molecule has 0 bridgehead atoms. The molecule has 1 unspecified atom stereocenters. The summed E-state index contributed by atoms with van der Waals surface area (Å²) in [5, 5.41) is 3.57. The van der Waals surface area contributed by atoms with E-state index in [0.717, 1.165) is 18.9 Å². The van der Waals surface area contributed by atoms with Gasteiger partial charge in [-0.2, -0.15) is 0 Å². The molecule has 1 aliphatic rings. The van der Waals surface area contributed by atoms with E-state index in [4.69, 9.17) is 4.74 Å². The van der Waals surface area contributed by atoms with Crippen LogP contribution in [0.3, 0.4) is 0 Å². The van der Waals surface area contributed by atoms with E-state index < -0.39 is 0 Å². The number of hydrogen-bond donors (Lipinski definition) is 1. The molecular weight excluding hydrogens is 200 g/mol. The van der Waals surface area contributed by atoms with Gasteiger partial charge in [0, 0.05) is 18.3 Å². The maximum Gasteiger partial charge on any atom is 0.213 e. The summed E-state index contributed by atoms with van der Waals surface area (Å²) in [6.07, 6.45) is 5.65. The lowest BCUT2D eigenvalue weighted by Crippen LogP contribution is -2.32. The maximum absolute atomic E-state index is 5.14. The van der Waals surface area contributed by atoms with Gasteiger partial charge in [0.25, 0.3) is 0 Å². The predicted molar refractivity (Wildman–Crippen MR) is 64.7 cm³/mol. The Hall–Kier alpha value is -1.09. The lowest BCUT2D eigenvalue weighted by atomic mass is 10.0. The van der Waals surface area contributed by atoms with Crippen molar-refractivity contribution < 1.29 is 4.74 Å². The summed E-state index contributed by atoms with van der Waals surface area (Å²) in [5.41, 5.74) is 1.31. The highest BCUT2D eigenvalue weighted by Crippen LogP contribution is 2.34. The molecule has 0 aromatic carbocycles. The number of aromatic nitrogens is 1. The fourth-order valence-electron chi connectivity index (χ4n) is 2.11. The van der Waals surface area contributed by atoms with Crippen LogP contribution in [0.2, 0.25) is 0 Å². The second-order valence-corrected chi connectivity index (χ2v) is 4.41. The van der Waals surface area contributed by atoms with Gasteiger partial charge in [0.15, 0.2) is 0 Å². The molecule has 3 nitrogen and oxygen atoms in total. The van der Waals surface area contributed by atoms with Gasteiger partial charge in [-0.1, -0.05) is 6.92 Å². The van der Waals surface area contributed by atoms with Crippen LogP contribution in [0.25, 0.3) is 0 Å². The normalized spacial score (nSPS) is 17.1. The Labute approximate surface area is 97.2 Å². The highest BCUT2D eigenvalue weighted by Gasteiger charge is 2.30. The molecule has 0 saturated heterocycles. The topological polar surface area (TPSA) is 34.2 Å². The molecule has 1 saturated carbocycles. The van der Waals surface area contributed by atoms with E-state index in [1.54, 1.807) is 7.11 Å². The quantitative estimate of drug-likeness (QED) is 0.796. The van der Waals surface area contributed by atoms with Gasteiger partial charge in [-0.25, -0.2) is 4.98 Å². The number of pyridine rings is 1. The van der Waals surface area contributed by atoms with Gasteiger partial charge in [-0.15, -0.1) is 0 Å². The summed E-state index contributed by atoms with van der Waals surface area (Å²) >= 11 is 0. The fraction of sp³-hybridized carbons (Fsp3) is 0.615. The zero-order valence-corrected chi connectivity index (χ0v) is 10.1. The van der Waals surface area contributed by atoms with Gasteiger partial charge in [0.2, 0.25) is 5.88 Å². The van der Waals surface area contributed by atoms with Gasteiger partial charge in [-0.3, -0.25) is 0 Å². The number of hydrogen-bond acceptors (Lipinski definition) is 3. The Morgan fingerprint density at radius 2 is 2.38 bits per heavy atom. The van der Waals surface area contributed by atoms with Crippen molar-refractivity contribution >= 4 is 0 Å². The molecule has 1 heterocycles. The monoisotopic (exact) mass is 220 g/mol. The number of methoxy groups -OCH3 is 1. The van der Waals surface area contributed by atoms with Crippen LogP contribution < -0.4 is 10.1 Å². The van der Waals surface area contributed by atoms with Crippen LogP contribution in [0.4, 0.5) is 0 Å². The zero-order valence-electron chi connectivity index (χ0n) is 10.1. The molecule has 88 valence electrons. The number of likely N-dealkylation sites (N-methyl/N-ethyl adjacent to an activating group) is 1. The minimum absolute atomic E-state index is 0.622. The molecule has 1 atom stereocenters. The average Bonchev–Trinajstić information content (AvgIpc) is 3.13. The molecule has 3 heteroatoms. The molecule has 1 fully saturated rings. The standard InChI is InChI=1S/C13H20N2O/c1-3-14-12(11-4-5-11)8-10-6-7-15-13(9-10)16-2/h6-7,9,11-12,14H,3-5,8H2,1-2H3. The fourth-order valence-corrected chi connectivity index (χ4v) is 2.11. The third-order valence-electron chi connectivity index (χ3n) is 3.12. The first-order chi connectivity index (χ1) is 7.83. The SMILES string of the molecule is CCNC(Cc1ccnc(OC)c1)C1CC1. The number of ether oxygens (including phenoxy) is 1. The largest absolute Gasteiger partial charge is 0.481 e. The van der Waals surface area contributed by atoms with Crippen LogP contribution in [0, 0.1) is 5.92 Å². The molecule has 1 aromatic heterocycles. The first-order valence-electron chi connectivity index (χ1n) is 6.05. The van der Waals surface area contributed by atoms with Crippen molar-refractivity contribution in [3.8, 4) is 5.88 Å². The second kappa shape index (κ2) is 5.30. The molecule has 0 radical (unpaired) electrons. The van der Waals surface area contributed by atoms with Crippen molar-refractivity contribution in [1.29, 1.82) is 0 Å². The third kappa shape index (κ3) is 2.95. The summed E-state index contributed by atoms with van der Waals surface area (Å²) < 4.78 is 5.14. The number of rotatable bonds is 6. The van der Waals surface area contributed by atoms with Gasteiger partial charge in [0.1, 0.15) is 0 Å². The lowest BCUT2D eigenvalue weighted by Gasteiger charge is -2.17. The van der Waals surface area contributed by atoms with Crippen molar-refractivity contribution in [2.45, 2.75) is 32.2 Å². The van der Waals surface area contributed by atoms with Crippen molar-refractivity contribution in [3.63, 3.8) is 0 Å². The highest BCUT2D eigenvalue weighted by molar-refractivity contribution is 5.21. The molecule has 0 aliphatic heterocycles. The van der Waals surface area contributed by atoms with E-state index in [2.05, 4.69) is 23.3 Å². The molecule has 0 spiro atoms. The Morgan fingerprint density at radius 3 is 3.00 bits per heavy atom. The van der Waals surface area contributed by atoms with E-state index in [0.29, 0.717) is 11.9 Å². The molecule has 0 amide bonds. The van der Waals surface area contributed by atoms with E-state index in [9.17, 15) is 0 Å². The van der Waals surface area contributed by atoms with Crippen molar-refractivity contribution in [2.75, 3.05) is 13.7 Å². The average molecular weight is 220 g/mol. The molecule has 1 aromatic rings. The summed E-state index contributed by atoms with van der Waals surface area (Å²) in [4.78, 5) is 4.13. The van der Waals surface area contributed by atoms with Crippen LogP contribution in [-0.4, -0.2) is 24.7 Å². The molecular formula is C13H20N2O. The summed E-state index contributed by atoms with van der Waals surface area (Å²) in [6, 6.07) is 4.74. The van der Waals surface area contributed by atoms with E-state index in [1.807, 2.05) is 12.3 Å². The third-order valence-corrected chi connectivity index (χ3v) is 3.12. The van der Waals surface area contributed by atoms with E-state index >= 15 is 0 Å². The Kier molecular flexibility index (Phi) is 3.78. The first kappa shape index (κ1) is 11.4. The highest BCUT2D eigenvalue weighted by atomic mass is 16.5. The van der Waals surface area contributed by atoms with Gasteiger partial charge < -0.3 is 10.1 Å². The maximum atomic E-state index is 5.14. The minimum Gasteiger partial charge on any atom is -0.481 e. The number of nitrogens with one attached hydrogen (secondary N) is 1. The van der Waals surface area contributed by atoms with Crippen molar-refractivity contribution in [1.82, 2.24) is 10.3 Å². The summed E-state index contributed by atoms with van der Waals surface area (Å²) in [5.74, 6) is 1.59. The molecule has 1 N–H and O–H groups in total. The van der Waals surface area contributed by atoms with Crippen LogP contribution in [0.1, 0.15) is 25.3 Å². The van der Waals surface area contributed by atoms with Crippen molar-refractivity contribution in [2.24, 2.45) is 5.92 Å². The Bertz CT molecular complexity index is 336. The molecule has 1 aliphatic carbocycles. The zero-order chi connectivity index (χ0) is 11.4. The van der Waals surface area contributed by atoms with Crippen LogP contribution in [-0.2, 0) is 6.42 Å². The number of nitrogens with zero attached hydrogens (tertiary/aromatic N) is 1. The first-order valence-corrected chi connectivity index (χ1v) is 6.05. The summed E-state index contributed by atoms with van der Waals surface area (Å²) in [6.45, 7) is 3.21. The van der Waals surface area contributed by atoms with Crippen molar-refractivity contribution in [3.05, 3.63) is 23.9 Å². The van der Waals surface area contributed by atoms with Gasteiger partial charge in [0.05, 0.1) is 7.11 Å².